The topological polar surface area (TPSA) is 87.7 Å². The van der Waals surface area contributed by atoms with E-state index in [0.717, 1.165) is 5.56 Å². The summed E-state index contributed by atoms with van der Waals surface area (Å²) in [5, 5.41) is 5.64. The van der Waals surface area contributed by atoms with Crippen molar-refractivity contribution in [2.75, 3.05) is 22.1 Å². The van der Waals surface area contributed by atoms with Gasteiger partial charge in [-0.05, 0) is 48.9 Å². The van der Waals surface area contributed by atoms with Crippen LogP contribution in [-0.2, 0) is 9.59 Å². The largest absolute Gasteiger partial charge is 0.476 e. The first-order valence-electron chi connectivity index (χ1n) is 10.2. The van der Waals surface area contributed by atoms with E-state index in [9.17, 15) is 14.4 Å². The third-order valence-corrected chi connectivity index (χ3v) is 5.15. The van der Waals surface area contributed by atoms with Crippen molar-refractivity contribution in [3.8, 4) is 5.75 Å². The molecule has 3 amide bonds. The van der Waals surface area contributed by atoms with E-state index in [0.29, 0.717) is 28.4 Å². The van der Waals surface area contributed by atoms with E-state index in [1.54, 1.807) is 48.5 Å². The van der Waals surface area contributed by atoms with Gasteiger partial charge in [0.05, 0.1) is 23.5 Å². The molecule has 0 aliphatic carbocycles. The minimum absolute atomic E-state index is 0.0792. The van der Waals surface area contributed by atoms with Gasteiger partial charge in [-0.25, -0.2) is 0 Å². The van der Waals surface area contributed by atoms with Crippen molar-refractivity contribution in [2.24, 2.45) is 0 Å². The molecule has 1 aliphatic rings. The van der Waals surface area contributed by atoms with Gasteiger partial charge >= 0.3 is 0 Å². The van der Waals surface area contributed by atoms with Crippen LogP contribution in [0.15, 0.2) is 72.8 Å². The maximum absolute atomic E-state index is 13.0. The fourth-order valence-electron chi connectivity index (χ4n) is 3.59. The minimum atomic E-state index is -0.915. The Kier molecular flexibility index (Phi) is 5.89. The lowest BCUT2D eigenvalue weighted by Crippen LogP contribution is -2.48. The fourth-order valence-corrected chi connectivity index (χ4v) is 3.59. The first-order valence-corrected chi connectivity index (χ1v) is 10.2. The quantitative estimate of drug-likeness (QED) is 0.656. The number of hydrogen-bond donors (Lipinski definition) is 2. The summed E-state index contributed by atoms with van der Waals surface area (Å²) in [6.45, 7) is 3.47. The molecule has 0 saturated heterocycles. The summed E-state index contributed by atoms with van der Waals surface area (Å²) in [7, 11) is 0. The second kappa shape index (κ2) is 8.93. The van der Waals surface area contributed by atoms with Crippen molar-refractivity contribution in [1.29, 1.82) is 0 Å². The molecular weight excluding hydrogens is 406 g/mol. The normalized spacial score (nSPS) is 14.7. The fraction of sp³-hybridized carbons (Fsp3) is 0.160. The summed E-state index contributed by atoms with van der Waals surface area (Å²) in [6.07, 6.45) is -0.915. The molecule has 32 heavy (non-hydrogen) atoms. The van der Waals surface area contributed by atoms with Crippen LogP contribution >= 0.6 is 0 Å². The van der Waals surface area contributed by atoms with Gasteiger partial charge in [0.25, 0.3) is 11.8 Å². The zero-order chi connectivity index (χ0) is 22.7. The van der Waals surface area contributed by atoms with Crippen LogP contribution in [0.5, 0.6) is 5.75 Å². The summed E-state index contributed by atoms with van der Waals surface area (Å²) >= 11 is 0. The molecular formula is C25H23N3O4. The number of ether oxygens (including phenoxy) is 1. The number of hydrogen-bond acceptors (Lipinski definition) is 4. The third kappa shape index (κ3) is 4.46. The molecule has 0 fully saturated rings. The molecule has 3 aromatic carbocycles. The number of nitrogens with zero attached hydrogens (tertiary/aromatic N) is 1. The van der Waals surface area contributed by atoms with E-state index in [-0.39, 0.29) is 18.4 Å². The average molecular weight is 429 g/mol. The number of carbonyl (C=O) groups is 3. The Morgan fingerprint density at radius 1 is 0.938 bits per heavy atom. The van der Waals surface area contributed by atoms with Crippen LogP contribution < -0.4 is 20.3 Å². The summed E-state index contributed by atoms with van der Waals surface area (Å²) in [4.78, 5) is 39.5. The van der Waals surface area contributed by atoms with Gasteiger partial charge in [0.15, 0.2) is 6.10 Å². The predicted octanol–water partition coefficient (Wildman–Crippen LogP) is 4.00. The SMILES string of the molecule is CC(=O)N1C[C@H](C(=O)Nc2ccccc2C(=O)Nc2cccc(C)c2)Oc2ccccc21. The Hall–Kier alpha value is -4.13. The van der Waals surface area contributed by atoms with Crippen molar-refractivity contribution < 1.29 is 19.1 Å². The summed E-state index contributed by atoms with van der Waals surface area (Å²) < 4.78 is 5.85. The van der Waals surface area contributed by atoms with Gasteiger partial charge in [0.2, 0.25) is 5.91 Å². The van der Waals surface area contributed by atoms with Crippen LogP contribution in [0.1, 0.15) is 22.8 Å². The Labute approximate surface area is 186 Å². The lowest BCUT2D eigenvalue weighted by molar-refractivity contribution is -0.123. The number of anilines is 3. The highest BCUT2D eigenvalue weighted by molar-refractivity contribution is 6.10. The highest BCUT2D eigenvalue weighted by Gasteiger charge is 2.33. The molecule has 0 unspecified atom stereocenters. The first-order chi connectivity index (χ1) is 15.4. The number of fused-ring (bicyclic) bond motifs is 1. The van der Waals surface area contributed by atoms with Crippen LogP contribution in [0, 0.1) is 6.92 Å². The highest BCUT2D eigenvalue weighted by atomic mass is 16.5. The van der Waals surface area contributed by atoms with E-state index in [4.69, 9.17) is 4.74 Å². The van der Waals surface area contributed by atoms with Gasteiger partial charge in [-0.3, -0.25) is 14.4 Å². The minimum Gasteiger partial charge on any atom is -0.476 e. The molecule has 0 spiro atoms. The van der Waals surface area contributed by atoms with Gasteiger partial charge in [-0.15, -0.1) is 0 Å². The number of para-hydroxylation sites is 3. The van der Waals surface area contributed by atoms with E-state index < -0.39 is 12.0 Å². The molecule has 4 rings (SSSR count). The Balaban J connectivity index is 1.53. The predicted molar refractivity (Wildman–Crippen MR) is 123 cm³/mol. The molecule has 7 nitrogen and oxygen atoms in total. The zero-order valence-corrected chi connectivity index (χ0v) is 17.8. The van der Waals surface area contributed by atoms with Crippen LogP contribution in [-0.4, -0.2) is 30.4 Å². The van der Waals surface area contributed by atoms with E-state index in [1.807, 2.05) is 31.2 Å². The number of amides is 3. The van der Waals surface area contributed by atoms with E-state index in [1.165, 1.54) is 11.8 Å². The third-order valence-electron chi connectivity index (χ3n) is 5.15. The molecule has 0 saturated carbocycles. The standard InChI is InChI=1S/C25H23N3O4/c1-16-8-7-9-18(14-16)26-24(30)19-10-3-4-11-20(19)27-25(31)23-15-28(17(2)29)21-12-5-6-13-22(21)32-23/h3-14,23H,15H2,1-2H3,(H,26,30)(H,27,31)/t23-/m1/s1. The number of carbonyl (C=O) groups excluding carboxylic acids is 3. The molecule has 1 heterocycles. The van der Waals surface area contributed by atoms with E-state index >= 15 is 0 Å². The highest BCUT2D eigenvalue weighted by Crippen LogP contribution is 2.33. The number of nitrogens with one attached hydrogen (secondary N) is 2. The van der Waals surface area contributed by atoms with Crippen molar-refractivity contribution in [2.45, 2.75) is 20.0 Å². The smallest absolute Gasteiger partial charge is 0.267 e. The summed E-state index contributed by atoms with van der Waals surface area (Å²) in [5.41, 5.74) is 3.00. The second-order valence-electron chi connectivity index (χ2n) is 7.56. The second-order valence-corrected chi connectivity index (χ2v) is 7.56. The first kappa shape index (κ1) is 21.1. The number of rotatable bonds is 4. The zero-order valence-electron chi connectivity index (χ0n) is 17.8. The monoisotopic (exact) mass is 429 g/mol. The van der Waals surface area contributed by atoms with Gasteiger partial charge < -0.3 is 20.3 Å². The maximum Gasteiger partial charge on any atom is 0.267 e. The van der Waals surface area contributed by atoms with Crippen molar-refractivity contribution in [3.63, 3.8) is 0 Å². The Bertz CT molecular complexity index is 1190. The van der Waals surface area contributed by atoms with Gasteiger partial charge in [-0.1, -0.05) is 36.4 Å². The molecule has 0 radical (unpaired) electrons. The van der Waals surface area contributed by atoms with E-state index in [2.05, 4.69) is 10.6 Å². The number of aryl methyl sites for hydroxylation is 1. The maximum atomic E-state index is 13.0. The van der Waals surface area contributed by atoms with Crippen molar-refractivity contribution >= 4 is 34.8 Å². The Morgan fingerprint density at radius 2 is 1.69 bits per heavy atom. The van der Waals surface area contributed by atoms with Gasteiger partial charge in [0.1, 0.15) is 5.75 Å². The van der Waals surface area contributed by atoms with Crippen LogP contribution in [0.3, 0.4) is 0 Å². The number of benzene rings is 3. The molecule has 7 heteroatoms. The average Bonchev–Trinajstić information content (AvgIpc) is 2.78. The van der Waals surface area contributed by atoms with Crippen molar-refractivity contribution in [3.05, 3.63) is 83.9 Å². The molecule has 0 aromatic heterocycles. The lowest BCUT2D eigenvalue weighted by atomic mass is 10.1. The van der Waals surface area contributed by atoms with Crippen LogP contribution in [0.2, 0.25) is 0 Å². The summed E-state index contributed by atoms with van der Waals surface area (Å²) in [5.74, 6) is -0.510. The molecule has 1 atom stereocenters. The molecule has 3 aromatic rings. The van der Waals surface area contributed by atoms with Crippen LogP contribution in [0.25, 0.3) is 0 Å². The van der Waals surface area contributed by atoms with Gasteiger partial charge in [0, 0.05) is 12.6 Å². The molecule has 1 aliphatic heterocycles. The molecule has 162 valence electrons. The molecule has 2 N–H and O–H groups in total. The molecule has 0 bridgehead atoms. The van der Waals surface area contributed by atoms with Gasteiger partial charge in [-0.2, -0.15) is 0 Å². The Morgan fingerprint density at radius 3 is 2.47 bits per heavy atom. The van der Waals surface area contributed by atoms with Crippen LogP contribution in [0.4, 0.5) is 17.1 Å². The van der Waals surface area contributed by atoms with Crippen molar-refractivity contribution in [1.82, 2.24) is 0 Å². The lowest BCUT2D eigenvalue weighted by Gasteiger charge is -2.33. The summed E-state index contributed by atoms with van der Waals surface area (Å²) in [6, 6.07) is 21.3.